The van der Waals surface area contributed by atoms with E-state index < -0.39 is 0 Å². The fourth-order valence-corrected chi connectivity index (χ4v) is 4.03. The monoisotopic (exact) mass is 367 g/mol. The zero-order chi connectivity index (χ0) is 16.8. The Bertz CT molecular complexity index is 739. The Labute approximate surface area is 148 Å². The molecule has 7 nitrogen and oxygen atoms in total. The number of rotatable bonds is 7. The van der Waals surface area contributed by atoms with Gasteiger partial charge in [0.25, 0.3) is 5.56 Å². The van der Waals surface area contributed by atoms with Crippen molar-refractivity contribution in [1.29, 1.82) is 0 Å². The van der Waals surface area contributed by atoms with Crippen LogP contribution in [0.3, 0.4) is 0 Å². The van der Waals surface area contributed by atoms with Crippen LogP contribution in [0.5, 0.6) is 0 Å². The summed E-state index contributed by atoms with van der Waals surface area (Å²) in [6, 6.07) is 1.54. The number of aromatic nitrogens is 2. The fourth-order valence-electron chi connectivity index (χ4n) is 2.55. The molecule has 2 aromatic rings. The molecule has 0 bridgehead atoms. The van der Waals surface area contributed by atoms with Crippen molar-refractivity contribution in [2.75, 3.05) is 45.0 Å². The first-order valence-corrected chi connectivity index (χ1v) is 9.99. The summed E-state index contributed by atoms with van der Waals surface area (Å²) in [7, 11) is 0. The zero-order valence-corrected chi connectivity index (χ0v) is 15.0. The number of thiazole rings is 1. The van der Waals surface area contributed by atoms with E-state index in [2.05, 4.69) is 20.5 Å². The number of hydrogen-bond acceptors (Lipinski definition) is 7. The largest absolute Gasteiger partial charge is 0.354 e. The van der Waals surface area contributed by atoms with Crippen molar-refractivity contribution in [1.82, 2.24) is 24.9 Å². The molecule has 0 atom stereocenters. The van der Waals surface area contributed by atoms with E-state index in [1.165, 1.54) is 33.6 Å². The lowest BCUT2D eigenvalue weighted by atomic mass is 10.3. The van der Waals surface area contributed by atoms with Gasteiger partial charge in [0.05, 0.1) is 11.4 Å². The molecule has 3 heterocycles. The molecule has 0 spiro atoms. The maximum Gasteiger partial charge on any atom is 0.258 e. The Morgan fingerprint density at radius 1 is 1.42 bits per heavy atom. The van der Waals surface area contributed by atoms with Gasteiger partial charge in [0.1, 0.15) is 0 Å². The van der Waals surface area contributed by atoms with Gasteiger partial charge in [-0.1, -0.05) is 0 Å². The van der Waals surface area contributed by atoms with E-state index in [4.69, 9.17) is 0 Å². The standard InChI is InChI=1S/C15H21N5O2S2/c21-13(17-3-6-19-4-1-16-2-5-19)11-23-10-12-9-14(22)20-7-8-24-15(20)18-12/h7-9,16H,1-6,10-11H2,(H,17,21). The van der Waals surface area contributed by atoms with Gasteiger partial charge in [-0.25, -0.2) is 4.98 Å². The lowest BCUT2D eigenvalue weighted by molar-refractivity contribution is -0.118. The first-order valence-electron chi connectivity index (χ1n) is 7.96. The molecule has 3 rings (SSSR count). The van der Waals surface area contributed by atoms with E-state index in [1.807, 2.05) is 5.38 Å². The number of thioether (sulfide) groups is 1. The van der Waals surface area contributed by atoms with Crippen molar-refractivity contribution >= 4 is 34.0 Å². The molecule has 1 aliphatic heterocycles. The summed E-state index contributed by atoms with van der Waals surface area (Å²) in [4.78, 5) is 31.2. The van der Waals surface area contributed by atoms with Crippen molar-refractivity contribution in [3.05, 3.63) is 33.7 Å². The third-order valence-corrected chi connectivity index (χ3v) is 5.52. The van der Waals surface area contributed by atoms with Crippen molar-refractivity contribution < 1.29 is 4.79 Å². The first-order chi connectivity index (χ1) is 11.7. The average Bonchev–Trinajstić information content (AvgIpc) is 3.05. The van der Waals surface area contributed by atoms with Gasteiger partial charge in [-0.3, -0.25) is 18.9 Å². The van der Waals surface area contributed by atoms with Gasteiger partial charge in [-0.05, 0) is 0 Å². The van der Waals surface area contributed by atoms with E-state index >= 15 is 0 Å². The Hall–Kier alpha value is -1.42. The van der Waals surface area contributed by atoms with Crippen LogP contribution in [0.4, 0.5) is 0 Å². The van der Waals surface area contributed by atoms with Crippen molar-refractivity contribution in [2.24, 2.45) is 0 Å². The van der Waals surface area contributed by atoms with Gasteiger partial charge >= 0.3 is 0 Å². The number of carbonyl (C=O) groups is 1. The number of piperazine rings is 1. The number of fused-ring (bicyclic) bond motifs is 1. The molecule has 1 fully saturated rings. The van der Waals surface area contributed by atoms with Crippen LogP contribution in [0.15, 0.2) is 22.4 Å². The molecule has 2 N–H and O–H groups in total. The van der Waals surface area contributed by atoms with E-state index in [9.17, 15) is 9.59 Å². The summed E-state index contributed by atoms with van der Waals surface area (Å²) < 4.78 is 1.53. The summed E-state index contributed by atoms with van der Waals surface area (Å²) in [6.07, 6.45) is 1.72. The second kappa shape index (κ2) is 8.61. The number of nitrogens with one attached hydrogen (secondary N) is 2. The Morgan fingerprint density at radius 3 is 3.08 bits per heavy atom. The van der Waals surface area contributed by atoms with Gasteiger partial charge in [0.2, 0.25) is 5.91 Å². The molecule has 1 amide bonds. The second-order valence-corrected chi connectivity index (χ2v) is 7.43. The van der Waals surface area contributed by atoms with Crippen LogP contribution in [0.2, 0.25) is 0 Å². The molecule has 24 heavy (non-hydrogen) atoms. The highest BCUT2D eigenvalue weighted by molar-refractivity contribution is 7.99. The van der Waals surface area contributed by atoms with Crippen LogP contribution >= 0.6 is 23.1 Å². The van der Waals surface area contributed by atoms with E-state index in [1.54, 1.807) is 6.20 Å². The van der Waals surface area contributed by atoms with Crippen LogP contribution in [-0.2, 0) is 10.5 Å². The third-order valence-electron chi connectivity index (χ3n) is 3.80. The van der Waals surface area contributed by atoms with E-state index in [0.717, 1.165) is 38.4 Å². The predicted octanol–water partition coefficient (Wildman–Crippen LogP) is 0.0106. The minimum absolute atomic E-state index is 0.0315. The van der Waals surface area contributed by atoms with Crippen LogP contribution in [0, 0.1) is 0 Å². The van der Waals surface area contributed by atoms with Crippen LogP contribution in [-0.4, -0.2) is 65.2 Å². The minimum Gasteiger partial charge on any atom is -0.354 e. The number of amides is 1. The summed E-state index contributed by atoms with van der Waals surface area (Å²) >= 11 is 2.91. The summed E-state index contributed by atoms with van der Waals surface area (Å²) in [6.45, 7) is 5.69. The maximum absolute atomic E-state index is 11.9. The molecule has 1 saturated heterocycles. The Balaban J connectivity index is 1.37. The smallest absolute Gasteiger partial charge is 0.258 e. The maximum atomic E-state index is 11.9. The molecular weight excluding hydrogens is 346 g/mol. The van der Waals surface area contributed by atoms with Crippen LogP contribution in [0.25, 0.3) is 4.96 Å². The van der Waals surface area contributed by atoms with Gasteiger partial charge in [0.15, 0.2) is 4.96 Å². The van der Waals surface area contributed by atoms with E-state index in [-0.39, 0.29) is 11.5 Å². The number of nitrogens with zero attached hydrogens (tertiary/aromatic N) is 3. The van der Waals surface area contributed by atoms with Gasteiger partial charge in [0, 0.05) is 62.7 Å². The zero-order valence-electron chi connectivity index (χ0n) is 13.4. The fraction of sp³-hybridized carbons (Fsp3) is 0.533. The van der Waals surface area contributed by atoms with Gasteiger partial charge in [-0.15, -0.1) is 23.1 Å². The molecule has 0 radical (unpaired) electrons. The van der Waals surface area contributed by atoms with Gasteiger partial charge < -0.3 is 10.6 Å². The third kappa shape index (κ3) is 4.79. The number of hydrogen-bond donors (Lipinski definition) is 2. The highest BCUT2D eigenvalue weighted by Crippen LogP contribution is 2.12. The topological polar surface area (TPSA) is 78.7 Å². The Kier molecular flexibility index (Phi) is 6.24. The average molecular weight is 368 g/mol. The van der Waals surface area contributed by atoms with Crippen LogP contribution in [0.1, 0.15) is 5.69 Å². The normalized spacial score (nSPS) is 15.7. The lowest BCUT2D eigenvalue weighted by Gasteiger charge is -2.27. The second-order valence-electron chi connectivity index (χ2n) is 5.58. The highest BCUT2D eigenvalue weighted by atomic mass is 32.2. The highest BCUT2D eigenvalue weighted by Gasteiger charge is 2.10. The summed E-state index contributed by atoms with van der Waals surface area (Å²) in [5, 5.41) is 8.10. The molecule has 0 aromatic carbocycles. The van der Waals surface area contributed by atoms with E-state index in [0.29, 0.717) is 23.0 Å². The molecule has 1 aliphatic rings. The first kappa shape index (κ1) is 17.4. The lowest BCUT2D eigenvalue weighted by Crippen LogP contribution is -2.46. The molecule has 0 saturated carbocycles. The molecular formula is C15H21N5O2S2. The Morgan fingerprint density at radius 2 is 2.25 bits per heavy atom. The quantitative estimate of drug-likeness (QED) is 0.718. The van der Waals surface area contributed by atoms with Gasteiger partial charge in [-0.2, -0.15) is 0 Å². The molecule has 0 unspecified atom stereocenters. The molecule has 130 valence electrons. The summed E-state index contributed by atoms with van der Waals surface area (Å²) in [5.41, 5.74) is 0.651. The number of carbonyl (C=O) groups excluding carboxylic acids is 1. The SMILES string of the molecule is O=C(CSCc1cc(=O)n2ccsc2n1)NCCN1CCNCC1. The van der Waals surface area contributed by atoms with Crippen molar-refractivity contribution in [2.45, 2.75) is 5.75 Å². The van der Waals surface area contributed by atoms with Crippen molar-refractivity contribution in [3.8, 4) is 0 Å². The molecule has 9 heteroatoms. The molecule has 2 aromatic heterocycles. The van der Waals surface area contributed by atoms with Crippen molar-refractivity contribution in [3.63, 3.8) is 0 Å². The predicted molar refractivity (Wildman–Crippen MR) is 97.8 cm³/mol. The molecule has 0 aliphatic carbocycles. The van der Waals surface area contributed by atoms with Crippen LogP contribution < -0.4 is 16.2 Å². The summed E-state index contributed by atoms with van der Waals surface area (Å²) in [5.74, 6) is 0.978. The minimum atomic E-state index is -0.0719.